The van der Waals surface area contributed by atoms with E-state index in [9.17, 15) is 4.79 Å². The van der Waals surface area contributed by atoms with E-state index in [1.54, 1.807) is 12.4 Å². The number of nitrogens with two attached hydrogens (primary N) is 1. The number of carbonyl (C=O) groups is 1. The van der Waals surface area contributed by atoms with Crippen molar-refractivity contribution in [3.8, 4) is 5.75 Å². The number of aromatic nitrogens is 1. The van der Waals surface area contributed by atoms with Gasteiger partial charge in [-0.05, 0) is 37.8 Å². The highest BCUT2D eigenvalue weighted by Gasteiger charge is 2.34. The summed E-state index contributed by atoms with van der Waals surface area (Å²) in [5.74, 6) is 1.22. The molecule has 160 valence electrons. The number of carbonyl (C=O) groups excluding carboxylic acids is 1. The minimum atomic E-state index is 0.0593. The average Bonchev–Trinajstić information content (AvgIpc) is 2.97. The summed E-state index contributed by atoms with van der Waals surface area (Å²) >= 11 is 0. The molecule has 0 spiro atoms. The standard InChI is InChI=1S/C22H34N4O3/c23-18-2-1-17(15-26(16-18)19-7-13-28-14-8-19)22(27)25-11-5-21(6-12-25)29-20-3-9-24-10-4-20/h3-4,9-10,17-19,21H,1-2,5-8,11-16,23H2/t17-,18+/m1/s1. The van der Waals surface area contributed by atoms with Crippen LogP contribution in [0.25, 0.3) is 0 Å². The Balaban J connectivity index is 1.31. The second-order valence-corrected chi connectivity index (χ2v) is 8.66. The highest BCUT2D eigenvalue weighted by molar-refractivity contribution is 5.79. The lowest BCUT2D eigenvalue weighted by Crippen LogP contribution is -2.49. The Morgan fingerprint density at radius 3 is 2.48 bits per heavy atom. The molecular formula is C22H34N4O3. The Hall–Kier alpha value is -1.70. The van der Waals surface area contributed by atoms with Gasteiger partial charge in [-0.2, -0.15) is 0 Å². The van der Waals surface area contributed by atoms with Crippen LogP contribution in [0, 0.1) is 5.92 Å². The van der Waals surface area contributed by atoms with Crippen LogP contribution in [-0.2, 0) is 9.53 Å². The lowest BCUT2D eigenvalue weighted by Gasteiger charge is -2.37. The fourth-order valence-corrected chi connectivity index (χ4v) is 4.87. The number of amides is 1. The number of rotatable bonds is 4. The van der Waals surface area contributed by atoms with E-state index >= 15 is 0 Å². The molecule has 3 aliphatic heterocycles. The Labute approximate surface area is 173 Å². The summed E-state index contributed by atoms with van der Waals surface area (Å²) in [5, 5.41) is 0. The van der Waals surface area contributed by atoms with Gasteiger partial charge in [0.15, 0.2) is 0 Å². The van der Waals surface area contributed by atoms with Gasteiger partial charge in [-0.15, -0.1) is 0 Å². The first-order valence-electron chi connectivity index (χ1n) is 11.1. The van der Waals surface area contributed by atoms with E-state index in [-0.39, 0.29) is 18.1 Å². The number of piperidine rings is 1. The van der Waals surface area contributed by atoms with Crippen molar-refractivity contribution in [1.29, 1.82) is 0 Å². The van der Waals surface area contributed by atoms with Crippen LogP contribution in [0.3, 0.4) is 0 Å². The van der Waals surface area contributed by atoms with Crippen molar-refractivity contribution in [2.45, 2.75) is 56.7 Å². The smallest absolute Gasteiger partial charge is 0.226 e. The minimum Gasteiger partial charge on any atom is -0.490 e. The van der Waals surface area contributed by atoms with Crippen molar-refractivity contribution in [3.63, 3.8) is 0 Å². The summed E-state index contributed by atoms with van der Waals surface area (Å²) in [7, 11) is 0. The van der Waals surface area contributed by atoms with Crippen molar-refractivity contribution >= 4 is 5.91 Å². The SMILES string of the molecule is N[C@H]1CC[C@@H](C(=O)N2CCC(Oc3ccncc3)CC2)CN(C2CCOCC2)C1. The largest absolute Gasteiger partial charge is 0.490 e. The van der Waals surface area contributed by atoms with Gasteiger partial charge in [0.1, 0.15) is 11.9 Å². The highest BCUT2D eigenvalue weighted by atomic mass is 16.5. The number of hydrogen-bond acceptors (Lipinski definition) is 6. The van der Waals surface area contributed by atoms with Gasteiger partial charge >= 0.3 is 0 Å². The second kappa shape index (κ2) is 9.87. The third-order valence-corrected chi connectivity index (χ3v) is 6.57. The molecule has 1 aromatic heterocycles. The summed E-state index contributed by atoms with van der Waals surface area (Å²) in [6.45, 7) is 4.92. The third-order valence-electron chi connectivity index (χ3n) is 6.57. The number of likely N-dealkylation sites (tertiary alicyclic amines) is 2. The van der Waals surface area contributed by atoms with Crippen molar-refractivity contribution in [1.82, 2.24) is 14.8 Å². The fraction of sp³-hybridized carbons (Fsp3) is 0.727. The van der Waals surface area contributed by atoms with Gasteiger partial charge in [-0.3, -0.25) is 14.7 Å². The van der Waals surface area contributed by atoms with E-state index in [4.69, 9.17) is 15.2 Å². The maximum absolute atomic E-state index is 13.3. The first-order valence-corrected chi connectivity index (χ1v) is 11.1. The van der Waals surface area contributed by atoms with Crippen LogP contribution in [0.15, 0.2) is 24.5 Å². The summed E-state index contributed by atoms with van der Waals surface area (Å²) < 4.78 is 11.6. The lowest BCUT2D eigenvalue weighted by atomic mass is 9.98. The van der Waals surface area contributed by atoms with E-state index in [1.807, 2.05) is 12.1 Å². The molecule has 0 aromatic carbocycles. The van der Waals surface area contributed by atoms with E-state index in [1.165, 1.54) is 0 Å². The van der Waals surface area contributed by atoms with Gasteiger partial charge in [0.25, 0.3) is 0 Å². The van der Waals surface area contributed by atoms with Crippen LogP contribution in [-0.4, -0.2) is 78.3 Å². The molecule has 0 aliphatic carbocycles. The minimum absolute atomic E-state index is 0.0593. The first kappa shape index (κ1) is 20.6. The number of pyridine rings is 1. The van der Waals surface area contributed by atoms with E-state index in [0.29, 0.717) is 11.9 Å². The quantitative estimate of drug-likeness (QED) is 0.825. The van der Waals surface area contributed by atoms with Gasteiger partial charge in [-0.1, -0.05) is 0 Å². The molecule has 0 radical (unpaired) electrons. The van der Waals surface area contributed by atoms with Crippen molar-refractivity contribution in [2.75, 3.05) is 39.4 Å². The number of nitrogens with zero attached hydrogens (tertiary/aromatic N) is 3. The second-order valence-electron chi connectivity index (χ2n) is 8.66. The van der Waals surface area contributed by atoms with Crippen LogP contribution in [0.4, 0.5) is 0 Å². The topological polar surface area (TPSA) is 80.9 Å². The Bertz CT molecular complexity index is 645. The van der Waals surface area contributed by atoms with Crippen LogP contribution in [0.1, 0.15) is 38.5 Å². The maximum atomic E-state index is 13.3. The molecule has 3 aliphatic rings. The van der Waals surface area contributed by atoms with Crippen molar-refractivity contribution in [3.05, 3.63) is 24.5 Å². The Kier molecular flexibility index (Phi) is 7.00. The zero-order valence-electron chi connectivity index (χ0n) is 17.2. The van der Waals surface area contributed by atoms with Gasteiger partial charge in [0.05, 0.1) is 5.92 Å². The monoisotopic (exact) mass is 402 g/mol. The molecule has 1 aromatic rings. The molecule has 2 atom stereocenters. The summed E-state index contributed by atoms with van der Waals surface area (Å²) in [5.41, 5.74) is 6.35. The maximum Gasteiger partial charge on any atom is 0.226 e. The summed E-state index contributed by atoms with van der Waals surface area (Å²) in [6, 6.07) is 4.44. The molecule has 0 unspecified atom stereocenters. The van der Waals surface area contributed by atoms with E-state index < -0.39 is 0 Å². The molecule has 3 saturated heterocycles. The van der Waals surface area contributed by atoms with E-state index in [0.717, 1.165) is 83.7 Å². The van der Waals surface area contributed by atoms with E-state index in [2.05, 4.69) is 14.8 Å². The zero-order chi connectivity index (χ0) is 20.1. The average molecular weight is 403 g/mol. The van der Waals surface area contributed by atoms with Crippen LogP contribution >= 0.6 is 0 Å². The Morgan fingerprint density at radius 1 is 1.03 bits per heavy atom. The molecule has 7 nitrogen and oxygen atoms in total. The molecular weight excluding hydrogens is 368 g/mol. The van der Waals surface area contributed by atoms with Gasteiger partial charge in [0, 0.05) is 76.7 Å². The predicted molar refractivity (Wildman–Crippen MR) is 111 cm³/mol. The van der Waals surface area contributed by atoms with Crippen molar-refractivity contribution in [2.24, 2.45) is 11.7 Å². The van der Waals surface area contributed by atoms with Gasteiger partial charge in [0.2, 0.25) is 5.91 Å². The number of ether oxygens (including phenoxy) is 2. The van der Waals surface area contributed by atoms with Crippen LogP contribution in [0.5, 0.6) is 5.75 Å². The molecule has 2 N–H and O–H groups in total. The predicted octanol–water partition coefficient (Wildman–Crippen LogP) is 1.67. The van der Waals surface area contributed by atoms with Crippen LogP contribution in [0.2, 0.25) is 0 Å². The van der Waals surface area contributed by atoms with Gasteiger partial charge in [-0.25, -0.2) is 0 Å². The molecule has 3 fully saturated rings. The summed E-state index contributed by atoms with van der Waals surface area (Å²) in [4.78, 5) is 21.8. The zero-order valence-corrected chi connectivity index (χ0v) is 17.2. The molecule has 29 heavy (non-hydrogen) atoms. The molecule has 4 rings (SSSR count). The molecule has 7 heteroatoms. The number of hydrogen-bond donors (Lipinski definition) is 1. The lowest BCUT2D eigenvalue weighted by molar-refractivity contribution is -0.138. The molecule has 1 amide bonds. The normalized spacial score (nSPS) is 28.1. The first-order chi connectivity index (χ1) is 14.2. The fourth-order valence-electron chi connectivity index (χ4n) is 4.87. The molecule has 0 saturated carbocycles. The highest BCUT2D eigenvalue weighted by Crippen LogP contribution is 2.26. The Morgan fingerprint density at radius 2 is 1.76 bits per heavy atom. The van der Waals surface area contributed by atoms with Gasteiger partial charge < -0.3 is 20.1 Å². The molecule has 0 bridgehead atoms. The van der Waals surface area contributed by atoms with Crippen LogP contribution < -0.4 is 10.5 Å². The van der Waals surface area contributed by atoms with Crippen molar-refractivity contribution < 1.29 is 14.3 Å². The third kappa shape index (κ3) is 5.47. The molecule has 4 heterocycles. The summed E-state index contributed by atoms with van der Waals surface area (Å²) in [6.07, 6.45) is 9.34.